The van der Waals surface area contributed by atoms with Crippen LogP contribution in [0.5, 0.6) is 5.75 Å². The zero-order valence-corrected chi connectivity index (χ0v) is 15.6. The SMILES string of the molecule is COc1ccc(C(=O)NCc2ccc3[nH]c(C)cc3c2)cc1S(C)(=O)=O. The number of sulfone groups is 1. The molecule has 0 aliphatic heterocycles. The van der Waals surface area contributed by atoms with E-state index in [4.69, 9.17) is 4.74 Å². The standard InChI is InChI=1S/C19H20N2O4S/c1-12-8-15-9-13(4-6-16(15)21-12)11-20-19(22)14-5-7-17(25-2)18(10-14)26(3,23)24/h4-10,21H,11H2,1-3H3,(H,20,22). The summed E-state index contributed by atoms with van der Waals surface area (Å²) >= 11 is 0. The second kappa shape index (κ2) is 6.84. The van der Waals surface area contributed by atoms with Crippen LogP contribution >= 0.6 is 0 Å². The molecule has 0 bridgehead atoms. The van der Waals surface area contributed by atoms with Crippen LogP contribution in [0, 0.1) is 6.92 Å². The van der Waals surface area contributed by atoms with Crippen LogP contribution in [0.1, 0.15) is 21.6 Å². The number of nitrogens with one attached hydrogen (secondary N) is 2. The molecule has 0 fully saturated rings. The number of rotatable bonds is 5. The van der Waals surface area contributed by atoms with Gasteiger partial charge in [0.15, 0.2) is 9.84 Å². The molecule has 0 radical (unpaired) electrons. The van der Waals surface area contributed by atoms with Gasteiger partial charge in [0.05, 0.1) is 7.11 Å². The lowest BCUT2D eigenvalue weighted by molar-refractivity contribution is 0.0950. The largest absolute Gasteiger partial charge is 0.495 e. The Morgan fingerprint density at radius 1 is 1.15 bits per heavy atom. The van der Waals surface area contributed by atoms with Crippen LogP contribution < -0.4 is 10.1 Å². The second-order valence-corrected chi connectivity index (χ2v) is 8.18. The molecule has 0 aliphatic carbocycles. The molecule has 136 valence electrons. The third-order valence-corrected chi connectivity index (χ3v) is 5.22. The zero-order chi connectivity index (χ0) is 18.9. The van der Waals surface area contributed by atoms with Crippen molar-refractivity contribution in [2.45, 2.75) is 18.4 Å². The smallest absolute Gasteiger partial charge is 0.251 e. The van der Waals surface area contributed by atoms with Gasteiger partial charge in [-0.25, -0.2) is 8.42 Å². The average molecular weight is 372 g/mol. The number of ether oxygens (including phenoxy) is 1. The van der Waals surface area contributed by atoms with Crippen molar-refractivity contribution in [3.63, 3.8) is 0 Å². The third kappa shape index (κ3) is 3.72. The van der Waals surface area contributed by atoms with Crippen LogP contribution in [0.2, 0.25) is 0 Å². The molecule has 0 saturated carbocycles. The highest BCUT2D eigenvalue weighted by molar-refractivity contribution is 7.90. The fourth-order valence-corrected chi connectivity index (χ4v) is 3.69. The number of aromatic amines is 1. The van der Waals surface area contributed by atoms with Gasteiger partial charge in [-0.3, -0.25) is 4.79 Å². The summed E-state index contributed by atoms with van der Waals surface area (Å²) in [4.78, 5) is 15.7. The van der Waals surface area contributed by atoms with Crippen molar-refractivity contribution < 1.29 is 17.9 Å². The molecule has 3 rings (SSSR count). The predicted molar refractivity (Wildman–Crippen MR) is 100 cm³/mol. The number of fused-ring (bicyclic) bond motifs is 1. The number of hydrogen-bond donors (Lipinski definition) is 2. The summed E-state index contributed by atoms with van der Waals surface area (Å²) in [5.74, 6) is -0.125. The Morgan fingerprint density at radius 3 is 2.62 bits per heavy atom. The Balaban J connectivity index is 1.79. The average Bonchev–Trinajstić information content (AvgIpc) is 2.97. The van der Waals surface area contributed by atoms with Gasteiger partial charge in [-0.05, 0) is 54.3 Å². The molecule has 2 aromatic carbocycles. The maximum absolute atomic E-state index is 12.4. The first-order valence-electron chi connectivity index (χ1n) is 8.02. The van der Waals surface area contributed by atoms with E-state index in [-0.39, 0.29) is 22.1 Å². The van der Waals surface area contributed by atoms with Gasteiger partial charge in [0.2, 0.25) is 0 Å². The molecule has 0 spiro atoms. The summed E-state index contributed by atoms with van der Waals surface area (Å²) in [6.07, 6.45) is 1.08. The van der Waals surface area contributed by atoms with Gasteiger partial charge in [-0.15, -0.1) is 0 Å². The summed E-state index contributed by atoms with van der Waals surface area (Å²) in [6, 6.07) is 12.3. The molecule has 0 aliphatic rings. The van der Waals surface area contributed by atoms with E-state index in [9.17, 15) is 13.2 Å². The monoisotopic (exact) mass is 372 g/mol. The van der Waals surface area contributed by atoms with Gasteiger partial charge in [0.25, 0.3) is 5.91 Å². The molecule has 1 heterocycles. The number of amides is 1. The summed E-state index contributed by atoms with van der Waals surface area (Å²) in [5, 5.41) is 3.90. The van der Waals surface area contributed by atoms with E-state index in [0.29, 0.717) is 6.54 Å². The maximum atomic E-state index is 12.4. The van der Waals surface area contributed by atoms with Crippen molar-refractivity contribution in [1.29, 1.82) is 0 Å². The molecular weight excluding hydrogens is 352 g/mol. The van der Waals surface area contributed by atoms with E-state index < -0.39 is 9.84 Å². The minimum atomic E-state index is -3.50. The molecule has 6 nitrogen and oxygen atoms in total. The van der Waals surface area contributed by atoms with Crippen molar-refractivity contribution in [1.82, 2.24) is 10.3 Å². The highest BCUT2D eigenvalue weighted by atomic mass is 32.2. The van der Waals surface area contributed by atoms with Gasteiger partial charge in [-0.2, -0.15) is 0 Å². The highest BCUT2D eigenvalue weighted by Gasteiger charge is 2.17. The number of carbonyl (C=O) groups excluding carboxylic acids is 1. The van der Waals surface area contributed by atoms with Gasteiger partial charge < -0.3 is 15.0 Å². The molecule has 1 aromatic heterocycles. The van der Waals surface area contributed by atoms with Gasteiger partial charge in [0.1, 0.15) is 10.6 Å². The van der Waals surface area contributed by atoms with E-state index >= 15 is 0 Å². The minimum Gasteiger partial charge on any atom is -0.495 e. The fourth-order valence-electron chi connectivity index (χ4n) is 2.83. The number of aromatic nitrogens is 1. The molecule has 1 amide bonds. The minimum absolute atomic E-state index is 0.00290. The summed E-state index contributed by atoms with van der Waals surface area (Å²) in [5.41, 5.74) is 3.35. The van der Waals surface area contributed by atoms with E-state index in [0.717, 1.165) is 28.4 Å². The van der Waals surface area contributed by atoms with Crippen molar-refractivity contribution in [3.05, 3.63) is 59.3 Å². The maximum Gasteiger partial charge on any atom is 0.251 e. The quantitative estimate of drug-likeness (QED) is 0.721. The second-order valence-electron chi connectivity index (χ2n) is 6.19. The van der Waals surface area contributed by atoms with Crippen LogP contribution in [0.15, 0.2) is 47.4 Å². The predicted octanol–water partition coefficient (Wildman–Crippen LogP) is 2.82. The first-order valence-corrected chi connectivity index (χ1v) is 9.91. The number of carbonyl (C=O) groups is 1. The first-order chi connectivity index (χ1) is 12.3. The molecule has 0 unspecified atom stereocenters. The number of H-pyrrole nitrogens is 1. The first kappa shape index (κ1) is 18.0. The molecule has 2 N–H and O–H groups in total. The van der Waals surface area contributed by atoms with E-state index in [1.165, 1.54) is 19.2 Å². The Kier molecular flexibility index (Phi) is 4.73. The van der Waals surface area contributed by atoms with Crippen LogP contribution in [0.25, 0.3) is 10.9 Å². The summed E-state index contributed by atoms with van der Waals surface area (Å²) < 4.78 is 28.8. The Morgan fingerprint density at radius 2 is 1.92 bits per heavy atom. The Hall–Kier alpha value is -2.80. The number of methoxy groups -OCH3 is 1. The number of benzene rings is 2. The van der Waals surface area contributed by atoms with Gasteiger partial charge >= 0.3 is 0 Å². The van der Waals surface area contributed by atoms with Crippen molar-refractivity contribution in [2.24, 2.45) is 0 Å². The lowest BCUT2D eigenvalue weighted by Crippen LogP contribution is -2.23. The van der Waals surface area contributed by atoms with Gasteiger partial charge in [0, 0.05) is 29.6 Å². The molecule has 0 saturated heterocycles. The molecule has 7 heteroatoms. The van der Waals surface area contributed by atoms with Gasteiger partial charge in [-0.1, -0.05) is 6.07 Å². The molecule has 26 heavy (non-hydrogen) atoms. The lowest BCUT2D eigenvalue weighted by Gasteiger charge is -2.10. The van der Waals surface area contributed by atoms with Crippen molar-refractivity contribution in [3.8, 4) is 5.75 Å². The van der Waals surface area contributed by atoms with E-state index in [1.54, 1.807) is 6.07 Å². The van der Waals surface area contributed by atoms with Crippen LogP contribution in [-0.4, -0.2) is 32.7 Å². The highest BCUT2D eigenvalue weighted by Crippen LogP contribution is 2.25. The number of hydrogen-bond acceptors (Lipinski definition) is 4. The molecule has 0 atom stereocenters. The van der Waals surface area contributed by atoms with E-state index in [2.05, 4.69) is 10.3 Å². The topological polar surface area (TPSA) is 88.3 Å². The molecule has 3 aromatic rings. The van der Waals surface area contributed by atoms with Crippen LogP contribution in [0.3, 0.4) is 0 Å². The zero-order valence-electron chi connectivity index (χ0n) is 14.8. The Labute approximate surface area is 152 Å². The lowest BCUT2D eigenvalue weighted by atomic mass is 10.1. The Bertz CT molecular complexity index is 1080. The molecular formula is C19H20N2O4S. The normalized spacial score (nSPS) is 11.5. The summed E-state index contributed by atoms with van der Waals surface area (Å²) in [7, 11) is -2.11. The van der Waals surface area contributed by atoms with Crippen molar-refractivity contribution >= 4 is 26.6 Å². The summed E-state index contributed by atoms with van der Waals surface area (Å²) in [6.45, 7) is 2.34. The van der Waals surface area contributed by atoms with Crippen LogP contribution in [0.4, 0.5) is 0 Å². The third-order valence-electron chi connectivity index (χ3n) is 4.10. The number of aryl methyl sites for hydroxylation is 1. The fraction of sp³-hybridized carbons (Fsp3) is 0.211. The van der Waals surface area contributed by atoms with Crippen LogP contribution in [-0.2, 0) is 16.4 Å². The van der Waals surface area contributed by atoms with E-state index in [1.807, 2.05) is 31.2 Å². The van der Waals surface area contributed by atoms with Crippen molar-refractivity contribution in [2.75, 3.05) is 13.4 Å².